The van der Waals surface area contributed by atoms with Crippen LogP contribution >= 0.6 is 0 Å². The minimum Gasteiger partial charge on any atom is -0.508 e. The number of rotatable bonds is 5. The second-order valence-corrected chi connectivity index (χ2v) is 6.49. The van der Waals surface area contributed by atoms with Crippen LogP contribution in [0, 0.1) is 5.82 Å². The second-order valence-electron chi connectivity index (χ2n) is 6.49. The minimum atomic E-state index is -0.349. The monoisotopic (exact) mass is 294 g/mol. The highest BCUT2D eigenvalue weighted by Crippen LogP contribution is 2.32. The topological polar surface area (TPSA) is 35.5 Å². The van der Waals surface area contributed by atoms with Crippen molar-refractivity contribution in [3.05, 3.63) is 29.6 Å². The predicted octanol–water partition coefficient (Wildman–Crippen LogP) is 3.45. The van der Waals surface area contributed by atoms with Gasteiger partial charge in [0.2, 0.25) is 0 Å². The Hall–Kier alpha value is -1.13. The Balaban J connectivity index is 2.03. The molecule has 21 heavy (non-hydrogen) atoms. The maximum atomic E-state index is 13.9. The normalized spacial score (nSPS) is 19.7. The molecule has 118 valence electrons. The lowest BCUT2D eigenvalue weighted by Crippen LogP contribution is -2.53. The molecule has 1 aromatic carbocycles. The smallest absolute Gasteiger partial charge is 0.131 e. The number of aromatic hydroxyl groups is 1. The van der Waals surface area contributed by atoms with Crippen molar-refractivity contribution in [1.82, 2.24) is 10.2 Å². The van der Waals surface area contributed by atoms with Gasteiger partial charge in [-0.2, -0.15) is 0 Å². The SMILES string of the molecule is CC(NCC1(N(C)C)CCCCC1)c1ccc(O)cc1F. The summed E-state index contributed by atoms with van der Waals surface area (Å²) in [4.78, 5) is 2.32. The number of hydrogen-bond donors (Lipinski definition) is 2. The van der Waals surface area contributed by atoms with Crippen molar-refractivity contribution >= 4 is 0 Å². The molecule has 1 aliphatic carbocycles. The molecule has 2 N–H and O–H groups in total. The highest BCUT2D eigenvalue weighted by atomic mass is 19.1. The number of nitrogens with zero attached hydrogens (tertiary/aromatic N) is 1. The lowest BCUT2D eigenvalue weighted by molar-refractivity contribution is 0.0957. The van der Waals surface area contributed by atoms with E-state index in [-0.39, 0.29) is 23.1 Å². The first-order valence-corrected chi connectivity index (χ1v) is 7.84. The van der Waals surface area contributed by atoms with Gasteiger partial charge in [-0.05, 0) is 39.9 Å². The molecule has 1 atom stereocenters. The summed E-state index contributed by atoms with van der Waals surface area (Å²) in [7, 11) is 4.28. The molecule has 1 saturated carbocycles. The standard InChI is InChI=1S/C17H27FN2O/c1-13(15-8-7-14(21)11-16(15)18)19-12-17(20(2)3)9-5-4-6-10-17/h7-8,11,13,19,21H,4-6,9-10,12H2,1-3H3. The lowest BCUT2D eigenvalue weighted by Gasteiger charge is -2.44. The van der Waals surface area contributed by atoms with Crippen LogP contribution in [0.4, 0.5) is 4.39 Å². The fraction of sp³-hybridized carbons (Fsp3) is 0.647. The zero-order valence-electron chi connectivity index (χ0n) is 13.3. The molecule has 1 aliphatic rings. The van der Waals surface area contributed by atoms with Crippen LogP contribution in [0.5, 0.6) is 5.75 Å². The average molecular weight is 294 g/mol. The van der Waals surface area contributed by atoms with E-state index in [1.54, 1.807) is 12.1 Å². The van der Waals surface area contributed by atoms with Crippen LogP contribution in [-0.2, 0) is 0 Å². The number of nitrogens with one attached hydrogen (secondary N) is 1. The summed E-state index contributed by atoms with van der Waals surface area (Å²) >= 11 is 0. The van der Waals surface area contributed by atoms with E-state index in [4.69, 9.17) is 0 Å². The van der Waals surface area contributed by atoms with Crippen molar-refractivity contribution < 1.29 is 9.50 Å². The van der Waals surface area contributed by atoms with Crippen LogP contribution < -0.4 is 5.32 Å². The third-order valence-corrected chi connectivity index (χ3v) is 4.92. The lowest BCUT2D eigenvalue weighted by atomic mass is 9.80. The van der Waals surface area contributed by atoms with E-state index in [2.05, 4.69) is 24.3 Å². The molecule has 0 bridgehead atoms. The van der Waals surface area contributed by atoms with E-state index in [1.165, 1.54) is 38.2 Å². The highest BCUT2D eigenvalue weighted by molar-refractivity contribution is 5.29. The summed E-state index contributed by atoms with van der Waals surface area (Å²) in [5.41, 5.74) is 0.789. The molecule has 0 saturated heterocycles. The van der Waals surface area contributed by atoms with Gasteiger partial charge in [0.1, 0.15) is 11.6 Å². The number of hydrogen-bond acceptors (Lipinski definition) is 3. The first-order chi connectivity index (χ1) is 9.94. The number of phenolic OH excluding ortho intramolecular Hbond substituents is 1. The highest BCUT2D eigenvalue weighted by Gasteiger charge is 2.34. The fourth-order valence-electron chi connectivity index (χ4n) is 3.31. The van der Waals surface area contributed by atoms with Gasteiger partial charge in [0, 0.05) is 29.8 Å². The minimum absolute atomic E-state index is 0.0273. The Kier molecular flexibility index (Phi) is 5.22. The first-order valence-electron chi connectivity index (χ1n) is 7.84. The number of likely N-dealkylation sites (N-methyl/N-ethyl adjacent to an activating group) is 1. The van der Waals surface area contributed by atoms with Gasteiger partial charge in [-0.3, -0.25) is 0 Å². The van der Waals surface area contributed by atoms with Crippen molar-refractivity contribution in [1.29, 1.82) is 0 Å². The van der Waals surface area contributed by atoms with Gasteiger partial charge in [-0.15, -0.1) is 0 Å². The maximum absolute atomic E-state index is 13.9. The van der Waals surface area contributed by atoms with Crippen molar-refractivity contribution in [2.45, 2.75) is 50.6 Å². The molecule has 3 nitrogen and oxygen atoms in total. The summed E-state index contributed by atoms with van der Waals surface area (Å²) in [5, 5.41) is 12.8. The molecule has 1 aromatic rings. The maximum Gasteiger partial charge on any atom is 0.131 e. The molecule has 0 aromatic heterocycles. The van der Waals surface area contributed by atoms with E-state index in [9.17, 15) is 9.50 Å². The third-order valence-electron chi connectivity index (χ3n) is 4.92. The van der Waals surface area contributed by atoms with Crippen LogP contribution in [-0.4, -0.2) is 36.2 Å². The molecule has 1 unspecified atom stereocenters. The van der Waals surface area contributed by atoms with Crippen molar-refractivity contribution in [2.24, 2.45) is 0 Å². The summed E-state index contributed by atoms with van der Waals surface area (Å²) < 4.78 is 13.9. The third kappa shape index (κ3) is 3.74. The summed E-state index contributed by atoms with van der Waals surface area (Å²) in [5.74, 6) is -0.377. The van der Waals surface area contributed by atoms with E-state index in [1.807, 2.05) is 6.92 Å². The molecule has 0 aliphatic heterocycles. The van der Waals surface area contributed by atoms with Crippen LogP contribution in [0.25, 0.3) is 0 Å². The first kappa shape index (κ1) is 16.2. The average Bonchev–Trinajstić information content (AvgIpc) is 2.45. The molecule has 0 radical (unpaired) electrons. The predicted molar refractivity (Wildman–Crippen MR) is 84.0 cm³/mol. The number of benzene rings is 1. The van der Waals surface area contributed by atoms with E-state index in [0.29, 0.717) is 5.56 Å². The van der Waals surface area contributed by atoms with Crippen molar-refractivity contribution in [2.75, 3.05) is 20.6 Å². The molecular weight excluding hydrogens is 267 g/mol. The van der Waals surface area contributed by atoms with Gasteiger partial charge in [0.05, 0.1) is 0 Å². The Labute approximate surface area is 127 Å². The van der Waals surface area contributed by atoms with Gasteiger partial charge < -0.3 is 15.3 Å². The van der Waals surface area contributed by atoms with Gasteiger partial charge in [-0.25, -0.2) is 4.39 Å². The molecular formula is C17H27FN2O. The molecule has 2 rings (SSSR count). The fourth-order valence-corrected chi connectivity index (χ4v) is 3.31. The van der Waals surface area contributed by atoms with E-state index in [0.717, 1.165) is 6.54 Å². The van der Waals surface area contributed by atoms with Crippen molar-refractivity contribution in [3.63, 3.8) is 0 Å². The van der Waals surface area contributed by atoms with E-state index >= 15 is 0 Å². The summed E-state index contributed by atoms with van der Waals surface area (Å²) in [6, 6.07) is 4.31. The zero-order valence-corrected chi connectivity index (χ0v) is 13.3. The second kappa shape index (κ2) is 6.75. The quantitative estimate of drug-likeness (QED) is 0.873. The molecule has 0 spiro atoms. The zero-order chi connectivity index (χ0) is 15.5. The molecule has 0 heterocycles. The van der Waals surface area contributed by atoms with Gasteiger partial charge in [-0.1, -0.05) is 25.3 Å². The molecule has 0 amide bonds. The van der Waals surface area contributed by atoms with Gasteiger partial charge in [0.15, 0.2) is 0 Å². The van der Waals surface area contributed by atoms with Gasteiger partial charge >= 0.3 is 0 Å². The van der Waals surface area contributed by atoms with E-state index < -0.39 is 0 Å². The van der Waals surface area contributed by atoms with Crippen LogP contribution in [0.2, 0.25) is 0 Å². The summed E-state index contributed by atoms with van der Waals surface area (Å²) in [6.45, 7) is 2.84. The Bertz CT molecular complexity index is 470. The van der Waals surface area contributed by atoms with Crippen LogP contribution in [0.1, 0.15) is 50.6 Å². The molecule has 1 fully saturated rings. The van der Waals surface area contributed by atoms with Crippen LogP contribution in [0.15, 0.2) is 18.2 Å². The van der Waals surface area contributed by atoms with Crippen molar-refractivity contribution in [3.8, 4) is 5.75 Å². The largest absolute Gasteiger partial charge is 0.508 e. The number of phenols is 1. The number of halogens is 1. The molecule has 4 heteroatoms. The van der Waals surface area contributed by atoms with Crippen LogP contribution in [0.3, 0.4) is 0 Å². The van der Waals surface area contributed by atoms with Gasteiger partial charge in [0.25, 0.3) is 0 Å². The summed E-state index contributed by atoms with van der Waals surface area (Å²) in [6.07, 6.45) is 6.23. The Morgan fingerprint density at radius 3 is 2.52 bits per heavy atom. The Morgan fingerprint density at radius 2 is 1.95 bits per heavy atom. The Morgan fingerprint density at radius 1 is 1.29 bits per heavy atom.